The van der Waals surface area contributed by atoms with Gasteiger partial charge in [0.15, 0.2) is 5.11 Å². The van der Waals surface area contributed by atoms with Crippen LogP contribution in [0.15, 0.2) is 18.2 Å². The molecule has 0 bridgehead atoms. The second-order valence-electron chi connectivity index (χ2n) is 6.78. The van der Waals surface area contributed by atoms with Gasteiger partial charge in [0.1, 0.15) is 0 Å². The number of thiocarbonyl (C=S) groups is 1. The molecule has 2 N–H and O–H groups in total. The fraction of sp³-hybridized carbons (Fsp3) is 0.556. The molecule has 2 fully saturated rings. The number of carbonyl (C=O) groups is 1. The summed E-state index contributed by atoms with van der Waals surface area (Å²) in [5.74, 6) is 0.155. The Labute approximate surface area is 149 Å². The van der Waals surface area contributed by atoms with Crippen LogP contribution in [0.3, 0.4) is 0 Å². The maximum absolute atomic E-state index is 11.9. The molecular weight excluding hydrogens is 320 g/mol. The summed E-state index contributed by atoms with van der Waals surface area (Å²) in [5.41, 5.74) is 3.57. The summed E-state index contributed by atoms with van der Waals surface area (Å²) in [7, 11) is 0. The summed E-state index contributed by atoms with van der Waals surface area (Å²) in [6.45, 7) is 8.16. The highest BCUT2D eigenvalue weighted by Gasteiger charge is 2.25. The average Bonchev–Trinajstić information content (AvgIpc) is 3.36. The standard InChI is InChI=1S/C18H26N4OS/c1-13-4-3-5-16(14(13)2)20-18(24)22-10-8-21(9-11-22)12-17(23)19-15-6-7-15/h3-5,15H,6-12H2,1-2H3,(H,19,23)(H,20,24). The van der Waals surface area contributed by atoms with E-state index in [4.69, 9.17) is 12.2 Å². The second kappa shape index (κ2) is 7.49. The zero-order chi connectivity index (χ0) is 17.1. The first kappa shape index (κ1) is 17.2. The van der Waals surface area contributed by atoms with Crippen molar-refractivity contribution in [3.63, 3.8) is 0 Å². The Morgan fingerprint density at radius 1 is 1.21 bits per heavy atom. The number of hydrogen-bond acceptors (Lipinski definition) is 3. The summed E-state index contributed by atoms with van der Waals surface area (Å²) >= 11 is 5.57. The van der Waals surface area contributed by atoms with Crippen LogP contribution in [0.5, 0.6) is 0 Å². The Morgan fingerprint density at radius 2 is 1.92 bits per heavy atom. The third-order valence-electron chi connectivity index (χ3n) is 4.82. The number of carbonyl (C=O) groups excluding carboxylic acids is 1. The van der Waals surface area contributed by atoms with Gasteiger partial charge < -0.3 is 15.5 Å². The van der Waals surface area contributed by atoms with E-state index in [1.807, 2.05) is 6.07 Å². The smallest absolute Gasteiger partial charge is 0.234 e. The van der Waals surface area contributed by atoms with Gasteiger partial charge in [0.05, 0.1) is 6.54 Å². The van der Waals surface area contributed by atoms with Crippen LogP contribution in [0, 0.1) is 13.8 Å². The predicted octanol–water partition coefficient (Wildman–Crippen LogP) is 1.90. The number of aryl methyl sites for hydroxylation is 1. The van der Waals surface area contributed by atoms with Gasteiger partial charge in [-0.2, -0.15) is 0 Å². The third kappa shape index (κ3) is 4.45. The van der Waals surface area contributed by atoms with Crippen LogP contribution in [0.1, 0.15) is 24.0 Å². The highest BCUT2D eigenvalue weighted by atomic mass is 32.1. The minimum atomic E-state index is 0.155. The van der Waals surface area contributed by atoms with Crippen molar-refractivity contribution in [1.29, 1.82) is 0 Å². The molecule has 0 aromatic heterocycles. The molecular formula is C18H26N4OS. The molecule has 3 rings (SSSR count). The molecule has 24 heavy (non-hydrogen) atoms. The van der Waals surface area contributed by atoms with Gasteiger partial charge in [-0.25, -0.2) is 0 Å². The van der Waals surface area contributed by atoms with Crippen LogP contribution in [0.25, 0.3) is 0 Å². The number of piperazine rings is 1. The lowest BCUT2D eigenvalue weighted by atomic mass is 10.1. The summed E-state index contributed by atoms with van der Waals surface area (Å²) in [6, 6.07) is 6.65. The monoisotopic (exact) mass is 346 g/mol. The van der Waals surface area contributed by atoms with Crippen LogP contribution >= 0.6 is 12.2 Å². The van der Waals surface area contributed by atoms with Crippen molar-refractivity contribution >= 4 is 28.9 Å². The van der Waals surface area contributed by atoms with E-state index < -0.39 is 0 Å². The lowest BCUT2D eigenvalue weighted by Gasteiger charge is -2.36. The van der Waals surface area contributed by atoms with E-state index in [2.05, 4.69) is 46.4 Å². The molecule has 1 amide bonds. The minimum absolute atomic E-state index is 0.155. The molecule has 6 heteroatoms. The van der Waals surface area contributed by atoms with Crippen molar-refractivity contribution in [3.05, 3.63) is 29.3 Å². The van der Waals surface area contributed by atoms with Gasteiger partial charge in [0.2, 0.25) is 5.91 Å². The average molecular weight is 347 g/mol. The Hall–Kier alpha value is -1.66. The van der Waals surface area contributed by atoms with Gasteiger partial charge in [-0.3, -0.25) is 9.69 Å². The van der Waals surface area contributed by atoms with Crippen molar-refractivity contribution in [2.45, 2.75) is 32.7 Å². The van der Waals surface area contributed by atoms with Gasteiger partial charge in [0, 0.05) is 37.9 Å². The molecule has 1 aromatic rings. The molecule has 2 aliphatic rings. The van der Waals surface area contributed by atoms with E-state index in [0.29, 0.717) is 12.6 Å². The number of hydrogen-bond donors (Lipinski definition) is 2. The highest BCUT2D eigenvalue weighted by molar-refractivity contribution is 7.80. The van der Waals surface area contributed by atoms with Gasteiger partial charge in [-0.1, -0.05) is 12.1 Å². The first-order chi connectivity index (χ1) is 11.5. The number of nitrogens with zero attached hydrogens (tertiary/aromatic N) is 2. The van der Waals surface area contributed by atoms with E-state index in [-0.39, 0.29) is 5.91 Å². The number of rotatable bonds is 4. The third-order valence-corrected chi connectivity index (χ3v) is 5.18. The fourth-order valence-electron chi connectivity index (χ4n) is 2.89. The molecule has 1 saturated heterocycles. The van der Waals surface area contributed by atoms with E-state index >= 15 is 0 Å². The predicted molar refractivity (Wildman–Crippen MR) is 101 cm³/mol. The lowest BCUT2D eigenvalue weighted by molar-refractivity contribution is -0.122. The molecule has 1 aromatic carbocycles. The van der Waals surface area contributed by atoms with Crippen molar-refractivity contribution < 1.29 is 4.79 Å². The zero-order valence-electron chi connectivity index (χ0n) is 14.5. The van der Waals surface area contributed by atoms with Crippen LogP contribution in [0.4, 0.5) is 5.69 Å². The fourth-order valence-corrected chi connectivity index (χ4v) is 3.19. The van der Waals surface area contributed by atoms with Crippen LogP contribution < -0.4 is 10.6 Å². The quantitative estimate of drug-likeness (QED) is 0.816. The zero-order valence-corrected chi connectivity index (χ0v) is 15.3. The molecule has 130 valence electrons. The Morgan fingerprint density at radius 3 is 2.58 bits per heavy atom. The van der Waals surface area contributed by atoms with Crippen molar-refractivity contribution in [3.8, 4) is 0 Å². The number of amides is 1. The van der Waals surface area contributed by atoms with Crippen LogP contribution in [-0.4, -0.2) is 59.6 Å². The van der Waals surface area contributed by atoms with Gasteiger partial charge >= 0.3 is 0 Å². The molecule has 1 aliphatic heterocycles. The molecule has 0 unspecified atom stereocenters. The summed E-state index contributed by atoms with van der Waals surface area (Å²) in [4.78, 5) is 16.3. The highest BCUT2D eigenvalue weighted by Crippen LogP contribution is 2.19. The number of anilines is 1. The van der Waals surface area contributed by atoms with E-state index in [1.165, 1.54) is 11.1 Å². The normalized spacial score (nSPS) is 18.3. The largest absolute Gasteiger partial charge is 0.352 e. The lowest BCUT2D eigenvalue weighted by Crippen LogP contribution is -2.52. The second-order valence-corrected chi connectivity index (χ2v) is 7.17. The van der Waals surface area contributed by atoms with Gasteiger partial charge in [-0.05, 0) is 56.1 Å². The Balaban J connectivity index is 1.46. The molecule has 0 spiro atoms. The summed E-state index contributed by atoms with van der Waals surface area (Å²) in [6.07, 6.45) is 2.27. The van der Waals surface area contributed by atoms with Crippen molar-refractivity contribution in [1.82, 2.24) is 15.1 Å². The van der Waals surface area contributed by atoms with E-state index in [0.717, 1.165) is 49.8 Å². The SMILES string of the molecule is Cc1cccc(NC(=S)N2CCN(CC(=O)NC3CC3)CC2)c1C. The van der Waals surface area contributed by atoms with E-state index in [9.17, 15) is 4.79 Å². The summed E-state index contributed by atoms with van der Waals surface area (Å²) in [5, 5.41) is 7.19. The minimum Gasteiger partial charge on any atom is -0.352 e. The molecule has 0 radical (unpaired) electrons. The van der Waals surface area contributed by atoms with Crippen LogP contribution in [-0.2, 0) is 4.79 Å². The van der Waals surface area contributed by atoms with Gasteiger partial charge in [0.25, 0.3) is 0 Å². The molecule has 1 aliphatic carbocycles. The number of benzene rings is 1. The summed E-state index contributed by atoms with van der Waals surface area (Å²) < 4.78 is 0. The van der Waals surface area contributed by atoms with Crippen LogP contribution in [0.2, 0.25) is 0 Å². The molecule has 0 atom stereocenters. The Bertz CT molecular complexity index is 621. The van der Waals surface area contributed by atoms with Crippen molar-refractivity contribution in [2.24, 2.45) is 0 Å². The molecule has 1 heterocycles. The van der Waals surface area contributed by atoms with Gasteiger partial charge in [-0.15, -0.1) is 0 Å². The van der Waals surface area contributed by atoms with Crippen molar-refractivity contribution in [2.75, 3.05) is 38.0 Å². The maximum atomic E-state index is 11.9. The number of nitrogens with one attached hydrogen (secondary N) is 2. The maximum Gasteiger partial charge on any atom is 0.234 e. The van der Waals surface area contributed by atoms with E-state index in [1.54, 1.807) is 0 Å². The first-order valence-corrected chi connectivity index (χ1v) is 9.07. The molecule has 1 saturated carbocycles. The first-order valence-electron chi connectivity index (χ1n) is 8.67. The topological polar surface area (TPSA) is 47.6 Å². The Kier molecular flexibility index (Phi) is 5.36. The molecule has 5 nitrogen and oxygen atoms in total.